The van der Waals surface area contributed by atoms with E-state index < -0.39 is 18.2 Å². The van der Waals surface area contributed by atoms with Crippen molar-refractivity contribution in [1.29, 1.82) is 0 Å². The Kier molecular flexibility index (Phi) is 9.36. The predicted octanol–water partition coefficient (Wildman–Crippen LogP) is 3.86. The Morgan fingerprint density at radius 2 is 1.49 bits per heavy atom. The van der Waals surface area contributed by atoms with Crippen molar-refractivity contribution in [2.45, 2.75) is 25.6 Å². The van der Waals surface area contributed by atoms with Gasteiger partial charge >= 0.3 is 12.1 Å². The first-order chi connectivity index (χ1) is 16.9. The molecule has 0 fully saturated rings. The number of pyridine rings is 1. The number of amides is 2. The zero-order valence-corrected chi connectivity index (χ0v) is 19.9. The van der Waals surface area contributed by atoms with Crippen LogP contribution in [0.5, 0.6) is 0 Å². The lowest BCUT2D eigenvalue weighted by Crippen LogP contribution is -2.38. The average molecular weight is 476 g/mol. The summed E-state index contributed by atoms with van der Waals surface area (Å²) in [5.74, 6) is -0.316. The topological polar surface area (TPSA) is 89.0 Å². The maximum Gasteiger partial charge on any atom is 0.410 e. The molecule has 0 aliphatic heterocycles. The number of hydrogen-bond donors (Lipinski definition) is 0. The third-order valence-electron chi connectivity index (χ3n) is 5.33. The van der Waals surface area contributed by atoms with Gasteiger partial charge in [-0.2, -0.15) is 0 Å². The molecule has 0 radical (unpaired) electrons. The van der Waals surface area contributed by atoms with Crippen LogP contribution in [-0.2, 0) is 32.1 Å². The lowest BCUT2D eigenvalue weighted by molar-refractivity contribution is -0.155. The van der Waals surface area contributed by atoms with E-state index in [2.05, 4.69) is 4.98 Å². The minimum Gasteiger partial charge on any atom is -0.458 e. The molecular formula is C27H29N3O5. The fraction of sp³-hybridized carbons (Fsp3) is 0.259. The first-order valence-corrected chi connectivity index (χ1v) is 11.3. The number of ether oxygens (including phenoxy) is 2. The summed E-state index contributed by atoms with van der Waals surface area (Å²) in [5, 5.41) is 0. The summed E-state index contributed by atoms with van der Waals surface area (Å²) in [4.78, 5) is 44.9. The van der Waals surface area contributed by atoms with Crippen LogP contribution in [0, 0.1) is 0 Å². The Bertz CT molecular complexity index is 1090. The molecule has 1 heterocycles. The van der Waals surface area contributed by atoms with Crippen LogP contribution in [0.3, 0.4) is 0 Å². The average Bonchev–Trinajstić information content (AvgIpc) is 2.90. The van der Waals surface area contributed by atoms with Crippen molar-refractivity contribution in [3.63, 3.8) is 0 Å². The Morgan fingerprint density at radius 1 is 0.857 bits per heavy atom. The van der Waals surface area contributed by atoms with Crippen LogP contribution >= 0.6 is 0 Å². The second-order valence-electron chi connectivity index (χ2n) is 7.97. The van der Waals surface area contributed by atoms with E-state index in [4.69, 9.17) is 9.47 Å². The van der Waals surface area contributed by atoms with Gasteiger partial charge in [0, 0.05) is 39.7 Å². The zero-order valence-electron chi connectivity index (χ0n) is 19.9. The number of benzene rings is 2. The van der Waals surface area contributed by atoms with Crippen molar-refractivity contribution in [1.82, 2.24) is 9.88 Å². The van der Waals surface area contributed by atoms with E-state index in [0.717, 1.165) is 11.1 Å². The first kappa shape index (κ1) is 25.4. The molecule has 2 amide bonds. The molecular weight excluding hydrogens is 446 g/mol. The summed E-state index contributed by atoms with van der Waals surface area (Å²) >= 11 is 0. The van der Waals surface area contributed by atoms with E-state index >= 15 is 0 Å². The van der Waals surface area contributed by atoms with Crippen LogP contribution in [0.1, 0.15) is 17.5 Å². The molecule has 3 aromatic rings. The van der Waals surface area contributed by atoms with Crippen molar-refractivity contribution in [2.24, 2.45) is 0 Å². The fourth-order valence-corrected chi connectivity index (χ4v) is 3.24. The highest BCUT2D eigenvalue weighted by Crippen LogP contribution is 2.12. The molecule has 1 atom stereocenters. The van der Waals surface area contributed by atoms with Crippen molar-refractivity contribution < 1.29 is 23.9 Å². The van der Waals surface area contributed by atoms with Gasteiger partial charge in [0.2, 0.25) is 12.0 Å². The first-order valence-electron chi connectivity index (χ1n) is 11.3. The molecule has 182 valence electrons. The van der Waals surface area contributed by atoms with E-state index in [1.165, 1.54) is 16.8 Å². The maximum absolute atomic E-state index is 12.8. The minimum absolute atomic E-state index is 0.0699. The number of anilines is 1. The lowest BCUT2D eigenvalue weighted by Gasteiger charge is -2.23. The molecule has 0 saturated heterocycles. The summed E-state index contributed by atoms with van der Waals surface area (Å²) in [6.45, 7) is 0.193. The van der Waals surface area contributed by atoms with Crippen LogP contribution in [0.2, 0.25) is 0 Å². The second-order valence-corrected chi connectivity index (χ2v) is 7.97. The van der Waals surface area contributed by atoms with Gasteiger partial charge in [0.25, 0.3) is 0 Å². The van der Waals surface area contributed by atoms with E-state index in [9.17, 15) is 14.4 Å². The summed E-state index contributed by atoms with van der Waals surface area (Å²) in [6.07, 6.45) is 0.0150. The molecule has 0 spiro atoms. The standard InChI is InChI=1S/C27H29N3O5/c1-29(18-16-25(31)30(2)24-15-9-10-17-28-24)27(33)35-23(19-21-11-5-3-6-12-21)26(32)34-20-22-13-7-4-8-14-22/h3-15,17,23H,16,18-20H2,1-2H3/t23-/m0/s1. The van der Waals surface area contributed by atoms with Crippen LogP contribution in [0.4, 0.5) is 10.6 Å². The van der Waals surface area contributed by atoms with Gasteiger partial charge in [0.1, 0.15) is 12.4 Å². The molecule has 35 heavy (non-hydrogen) atoms. The highest BCUT2D eigenvalue weighted by atomic mass is 16.6. The van der Waals surface area contributed by atoms with Crippen molar-refractivity contribution >= 4 is 23.8 Å². The Balaban J connectivity index is 1.58. The SMILES string of the molecule is CN(CCC(=O)N(C)c1ccccn1)C(=O)O[C@@H](Cc1ccccc1)C(=O)OCc1ccccc1. The number of carbonyl (C=O) groups excluding carboxylic acids is 3. The largest absolute Gasteiger partial charge is 0.458 e. The molecule has 1 aromatic heterocycles. The van der Waals surface area contributed by atoms with Crippen molar-refractivity contribution in [2.75, 3.05) is 25.5 Å². The van der Waals surface area contributed by atoms with Gasteiger partial charge in [-0.15, -0.1) is 0 Å². The quantitative estimate of drug-likeness (QED) is 0.414. The zero-order chi connectivity index (χ0) is 25.0. The molecule has 0 aliphatic carbocycles. The van der Waals surface area contributed by atoms with Crippen molar-refractivity contribution in [3.8, 4) is 0 Å². The van der Waals surface area contributed by atoms with Crippen LogP contribution in [0.15, 0.2) is 85.1 Å². The molecule has 0 bridgehead atoms. The van der Waals surface area contributed by atoms with Gasteiger partial charge in [0.15, 0.2) is 0 Å². The number of carbonyl (C=O) groups is 3. The molecule has 8 heteroatoms. The molecule has 0 aliphatic rings. The molecule has 3 rings (SSSR count). The molecule has 0 unspecified atom stereocenters. The van der Waals surface area contributed by atoms with Gasteiger partial charge in [0.05, 0.1) is 0 Å². The maximum atomic E-state index is 12.8. The third-order valence-corrected chi connectivity index (χ3v) is 5.33. The van der Waals surface area contributed by atoms with Gasteiger partial charge in [-0.25, -0.2) is 14.6 Å². The van der Waals surface area contributed by atoms with E-state index in [1.54, 1.807) is 31.4 Å². The Labute approximate surface area is 205 Å². The number of esters is 1. The van der Waals surface area contributed by atoms with Gasteiger partial charge in [-0.1, -0.05) is 66.7 Å². The van der Waals surface area contributed by atoms with Crippen LogP contribution < -0.4 is 4.90 Å². The molecule has 0 saturated carbocycles. The number of rotatable bonds is 10. The molecule has 8 nitrogen and oxygen atoms in total. The summed E-state index contributed by atoms with van der Waals surface area (Å²) in [7, 11) is 3.15. The van der Waals surface area contributed by atoms with Gasteiger partial charge < -0.3 is 14.4 Å². The normalized spacial score (nSPS) is 11.3. The highest BCUT2D eigenvalue weighted by molar-refractivity contribution is 5.92. The Hall–Kier alpha value is -4.20. The van der Waals surface area contributed by atoms with E-state index in [0.29, 0.717) is 5.82 Å². The number of aromatic nitrogens is 1. The van der Waals surface area contributed by atoms with Crippen LogP contribution in [-0.4, -0.2) is 54.6 Å². The number of hydrogen-bond acceptors (Lipinski definition) is 6. The highest BCUT2D eigenvalue weighted by Gasteiger charge is 2.27. The summed E-state index contributed by atoms with van der Waals surface area (Å²) in [6, 6.07) is 23.8. The third kappa shape index (κ3) is 7.96. The second kappa shape index (κ2) is 12.9. The van der Waals surface area contributed by atoms with Crippen molar-refractivity contribution in [3.05, 3.63) is 96.2 Å². The summed E-state index contributed by atoms with van der Waals surface area (Å²) < 4.78 is 10.9. The minimum atomic E-state index is -1.12. The van der Waals surface area contributed by atoms with Gasteiger partial charge in [-0.3, -0.25) is 9.69 Å². The molecule has 2 aromatic carbocycles. The fourth-order valence-electron chi connectivity index (χ4n) is 3.24. The van der Waals surface area contributed by atoms with E-state index in [1.807, 2.05) is 60.7 Å². The monoisotopic (exact) mass is 475 g/mol. The number of nitrogens with zero attached hydrogens (tertiary/aromatic N) is 3. The van der Waals surface area contributed by atoms with E-state index in [-0.39, 0.29) is 31.9 Å². The summed E-state index contributed by atoms with van der Waals surface area (Å²) in [5.41, 5.74) is 1.66. The van der Waals surface area contributed by atoms with Crippen LogP contribution in [0.25, 0.3) is 0 Å². The lowest BCUT2D eigenvalue weighted by atomic mass is 10.1. The van der Waals surface area contributed by atoms with Gasteiger partial charge in [-0.05, 0) is 23.3 Å². The smallest absolute Gasteiger partial charge is 0.410 e. The Morgan fingerprint density at radius 3 is 2.11 bits per heavy atom. The predicted molar refractivity (Wildman–Crippen MR) is 132 cm³/mol. The molecule has 0 N–H and O–H groups in total.